The molecule has 7 heteroatoms. The second-order valence-corrected chi connectivity index (χ2v) is 8.45. The second kappa shape index (κ2) is 6.34. The number of benzene rings is 1. The lowest BCUT2D eigenvalue weighted by Crippen LogP contribution is -2.49. The molecule has 0 saturated carbocycles. The highest BCUT2D eigenvalue weighted by Gasteiger charge is 2.62. The third-order valence-electron chi connectivity index (χ3n) is 5.61. The number of fused-ring (bicyclic) bond motifs is 5. The lowest BCUT2D eigenvalue weighted by atomic mass is 9.81. The summed E-state index contributed by atoms with van der Waals surface area (Å²) in [7, 11) is 0. The first-order valence-corrected chi connectivity index (χ1v) is 9.32. The van der Waals surface area contributed by atoms with Gasteiger partial charge in [0.25, 0.3) is 17.7 Å². The molecule has 7 nitrogen and oxygen atoms in total. The monoisotopic (exact) mass is 372 g/mol. The lowest BCUT2D eigenvalue weighted by Gasteiger charge is -2.19. The van der Waals surface area contributed by atoms with Crippen molar-refractivity contribution in [3.05, 3.63) is 29.8 Å². The van der Waals surface area contributed by atoms with Crippen molar-refractivity contribution in [3.63, 3.8) is 0 Å². The van der Waals surface area contributed by atoms with Gasteiger partial charge in [-0.25, -0.2) is 0 Å². The highest BCUT2D eigenvalue weighted by molar-refractivity contribution is 6.07. The topological polar surface area (TPSA) is 84.9 Å². The molecule has 0 aromatic heterocycles. The quantitative estimate of drug-likeness (QED) is 0.811. The number of carbonyl (C=O) groups is 3. The zero-order valence-electron chi connectivity index (χ0n) is 15.7. The van der Waals surface area contributed by atoms with Crippen LogP contribution in [-0.4, -0.2) is 41.5 Å². The number of carbonyl (C=O) groups excluding carboxylic acids is 3. The number of hydrazine groups is 1. The molecule has 2 bridgehead atoms. The first-order valence-electron chi connectivity index (χ1n) is 9.32. The van der Waals surface area contributed by atoms with E-state index in [2.05, 4.69) is 26.2 Å². The van der Waals surface area contributed by atoms with Gasteiger partial charge in [0.15, 0.2) is 6.61 Å². The van der Waals surface area contributed by atoms with E-state index in [0.717, 1.165) is 23.4 Å². The Morgan fingerprint density at radius 2 is 1.67 bits per heavy atom. The molecule has 3 amide bonds. The Morgan fingerprint density at radius 3 is 2.19 bits per heavy atom. The summed E-state index contributed by atoms with van der Waals surface area (Å²) in [5.74, 6) is -1.64. The first kappa shape index (κ1) is 18.0. The molecule has 3 heterocycles. The summed E-state index contributed by atoms with van der Waals surface area (Å²) in [5, 5.41) is 0.859. The molecule has 144 valence electrons. The molecule has 3 fully saturated rings. The fourth-order valence-electron chi connectivity index (χ4n) is 4.18. The fourth-order valence-corrected chi connectivity index (χ4v) is 4.18. The average molecular weight is 372 g/mol. The van der Waals surface area contributed by atoms with Gasteiger partial charge in [0, 0.05) is 0 Å². The molecule has 27 heavy (non-hydrogen) atoms. The molecule has 1 N–H and O–H groups in total. The summed E-state index contributed by atoms with van der Waals surface area (Å²) in [6, 6.07) is 7.52. The maximum absolute atomic E-state index is 12.5. The number of hydrogen-bond acceptors (Lipinski definition) is 5. The standard InChI is InChI=1S/C20H24N2O5/c1-20(2,3)11-4-6-12(7-5-11)26-10-15(23)21-22-18(24)16-13-8-9-14(27-13)17(16)19(22)25/h4-7,13-14,16-17H,8-10H2,1-3H3,(H,21,23)/t13-,14-,16-,17+/m1/s1. The molecule has 3 saturated heterocycles. The van der Waals surface area contributed by atoms with Gasteiger partial charge in [0.05, 0.1) is 24.0 Å². The van der Waals surface area contributed by atoms with Crippen molar-refractivity contribution in [3.8, 4) is 5.75 Å². The van der Waals surface area contributed by atoms with Crippen molar-refractivity contribution in [2.75, 3.05) is 6.61 Å². The normalized spacial score (nSPS) is 29.2. The van der Waals surface area contributed by atoms with Gasteiger partial charge in [0.1, 0.15) is 5.75 Å². The van der Waals surface area contributed by atoms with E-state index in [1.807, 2.05) is 12.1 Å². The summed E-state index contributed by atoms with van der Waals surface area (Å²) in [6.07, 6.45) is 1.19. The van der Waals surface area contributed by atoms with Crippen LogP contribution in [0.15, 0.2) is 24.3 Å². The molecule has 0 aliphatic carbocycles. The third-order valence-corrected chi connectivity index (χ3v) is 5.61. The molecule has 4 rings (SSSR count). The van der Waals surface area contributed by atoms with Crippen molar-refractivity contribution in [2.45, 2.75) is 51.2 Å². The maximum Gasteiger partial charge on any atom is 0.276 e. The van der Waals surface area contributed by atoms with Crippen molar-refractivity contribution in [1.82, 2.24) is 10.4 Å². The molecule has 3 aliphatic heterocycles. The smallest absolute Gasteiger partial charge is 0.276 e. The summed E-state index contributed by atoms with van der Waals surface area (Å²) >= 11 is 0. The van der Waals surface area contributed by atoms with E-state index in [1.54, 1.807) is 12.1 Å². The minimum atomic E-state index is -0.537. The highest BCUT2D eigenvalue weighted by Crippen LogP contribution is 2.47. The predicted molar refractivity (Wildman–Crippen MR) is 95.5 cm³/mol. The predicted octanol–water partition coefficient (Wildman–Crippen LogP) is 1.56. The Hall–Kier alpha value is -2.41. The van der Waals surface area contributed by atoms with Crippen LogP contribution >= 0.6 is 0 Å². The number of imide groups is 1. The minimum Gasteiger partial charge on any atom is -0.484 e. The van der Waals surface area contributed by atoms with Crippen LogP contribution in [0, 0.1) is 11.8 Å². The maximum atomic E-state index is 12.5. The van der Waals surface area contributed by atoms with E-state index in [4.69, 9.17) is 9.47 Å². The molecule has 0 radical (unpaired) electrons. The molecule has 3 aliphatic rings. The molecule has 0 unspecified atom stereocenters. The summed E-state index contributed by atoms with van der Waals surface area (Å²) in [5.41, 5.74) is 3.59. The fraction of sp³-hybridized carbons (Fsp3) is 0.550. The van der Waals surface area contributed by atoms with Gasteiger partial charge in [-0.2, -0.15) is 5.01 Å². The van der Waals surface area contributed by atoms with Crippen LogP contribution in [0.5, 0.6) is 5.75 Å². The number of nitrogens with zero attached hydrogens (tertiary/aromatic N) is 1. The highest BCUT2D eigenvalue weighted by atomic mass is 16.5. The molecule has 1 aromatic rings. The molecule has 4 atom stereocenters. The number of ether oxygens (including phenoxy) is 2. The third kappa shape index (κ3) is 3.10. The number of nitrogens with one attached hydrogen (secondary N) is 1. The van der Waals surface area contributed by atoms with Gasteiger partial charge in [-0.3, -0.25) is 19.8 Å². The lowest BCUT2D eigenvalue weighted by molar-refractivity contribution is -0.151. The Kier molecular flexibility index (Phi) is 4.22. The Morgan fingerprint density at radius 1 is 1.11 bits per heavy atom. The van der Waals surface area contributed by atoms with Crippen LogP contribution in [0.25, 0.3) is 0 Å². The minimum absolute atomic E-state index is 0.0353. The van der Waals surface area contributed by atoms with Crippen molar-refractivity contribution < 1.29 is 23.9 Å². The number of rotatable bonds is 4. The van der Waals surface area contributed by atoms with Crippen LogP contribution in [0.1, 0.15) is 39.2 Å². The SMILES string of the molecule is CC(C)(C)c1ccc(OCC(=O)NN2C(=O)[C@@H]3[C@H](C2=O)[C@H]2CC[C@H]3O2)cc1. The van der Waals surface area contributed by atoms with E-state index in [-0.39, 0.29) is 36.0 Å². The van der Waals surface area contributed by atoms with Crippen molar-refractivity contribution in [1.29, 1.82) is 0 Å². The van der Waals surface area contributed by atoms with E-state index < -0.39 is 17.7 Å². The molecular formula is C20H24N2O5. The van der Waals surface area contributed by atoms with Crippen LogP contribution in [0.3, 0.4) is 0 Å². The van der Waals surface area contributed by atoms with Crippen molar-refractivity contribution in [2.24, 2.45) is 11.8 Å². The molecule has 1 aromatic carbocycles. The average Bonchev–Trinajstić information content (AvgIpc) is 3.29. The largest absolute Gasteiger partial charge is 0.484 e. The van der Waals surface area contributed by atoms with E-state index in [0.29, 0.717) is 5.75 Å². The summed E-state index contributed by atoms with van der Waals surface area (Å²) in [4.78, 5) is 37.2. The van der Waals surface area contributed by atoms with E-state index >= 15 is 0 Å². The van der Waals surface area contributed by atoms with Gasteiger partial charge in [-0.1, -0.05) is 32.9 Å². The van der Waals surface area contributed by atoms with Gasteiger partial charge in [0.2, 0.25) is 0 Å². The summed E-state index contributed by atoms with van der Waals surface area (Å²) < 4.78 is 11.1. The second-order valence-electron chi connectivity index (χ2n) is 8.45. The molecule has 0 spiro atoms. The first-order chi connectivity index (χ1) is 12.8. The van der Waals surface area contributed by atoms with Gasteiger partial charge in [-0.15, -0.1) is 0 Å². The van der Waals surface area contributed by atoms with Gasteiger partial charge in [-0.05, 0) is 36.0 Å². The summed E-state index contributed by atoms with van der Waals surface area (Å²) in [6.45, 7) is 6.08. The zero-order valence-corrected chi connectivity index (χ0v) is 15.7. The van der Waals surface area contributed by atoms with Gasteiger partial charge >= 0.3 is 0 Å². The zero-order chi connectivity index (χ0) is 19.3. The number of hydrogen-bond donors (Lipinski definition) is 1. The molecular weight excluding hydrogens is 348 g/mol. The van der Waals surface area contributed by atoms with Crippen LogP contribution in [-0.2, 0) is 24.5 Å². The Bertz CT molecular complexity index is 755. The van der Waals surface area contributed by atoms with Crippen molar-refractivity contribution >= 4 is 17.7 Å². The van der Waals surface area contributed by atoms with Crippen LogP contribution in [0.2, 0.25) is 0 Å². The van der Waals surface area contributed by atoms with Crippen LogP contribution in [0.4, 0.5) is 0 Å². The van der Waals surface area contributed by atoms with E-state index in [1.165, 1.54) is 0 Å². The Balaban J connectivity index is 1.33. The Labute approximate surface area is 158 Å². The van der Waals surface area contributed by atoms with Gasteiger partial charge < -0.3 is 9.47 Å². The number of amides is 3. The van der Waals surface area contributed by atoms with E-state index in [9.17, 15) is 14.4 Å². The van der Waals surface area contributed by atoms with Crippen LogP contribution < -0.4 is 10.2 Å².